The van der Waals surface area contributed by atoms with Gasteiger partial charge in [-0.05, 0) is 42.2 Å². The maximum absolute atomic E-state index is 11.9. The van der Waals surface area contributed by atoms with E-state index in [9.17, 15) is 4.79 Å². The lowest BCUT2D eigenvalue weighted by Gasteiger charge is -2.12. The van der Waals surface area contributed by atoms with Crippen LogP contribution in [0.15, 0.2) is 48.8 Å². The molecule has 0 unspecified atom stereocenters. The fourth-order valence-electron chi connectivity index (χ4n) is 2.64. The predicted octanol–water partition coefficient (Wildman–Crippen LogP) is 2.64. The van der Waals surface area contributed by atoms with Crippen molar-refractivity contribution < 1.29 is 14.3 Å². The highest BCUT2D eigenvalue weighted by molar-refractivity contribution is 5.73. The molecule has 2 N–H and O–H groups in total. The summed E-state index contributed by atoms with van der Waals surface area (Å²) in [5.41, 5.74) is 1.95. The van der Waals surface area contributed by atoms with E-state index in [0.29, 0.717) is 19.7 Å². The average molecular weight is 341 g/mol. The van der Waals surface area contributed by atoms with Gasteiger partial charge >= 0.3 is 6.03 Å². The monoisotopic (exact) mass is 341 g/mol. The smallest absolute Gasteiger partial charge is 0.315 e. The molecule has 1 fully saturated rings. The first-order valence-electron chi connectivity index (χ1n) is 8.53. The highest BCUT2D eigenvalue weighted by atomic mass is 16.5. The molecule has 1 aromatic carbocycles. The molecule has 132 valence electrons. The first-order valence-corrected chi connectivity index (χ1v) is 8.53. The number of hydrogen-bond donors (Lipinski definition) is 2. The fraction of sp³-hybridized carbons (Fsp3) is 0.368. The van der Waals surface area contributed by atoms with Crippen LogP contribution in [0.3, 0.4) is 0 Å². The number of pyridine rings is 1. The Morgan fingerprint density at radius 3 is 2.80 bits per heavy atom. The summed E-state index contributed by atoms with van der Waals surface area (Å²) in [6.07, 6.45) is 5.79. The fourth-order valence-corrected chi connectivity index (χ4v) is 2.64. The Morgan fingerprint density at radius 1 is 1.20 bits per heavy atom. The van der Waals surface area contributed by atoms with Gasteiger partial charge in [-0.15, -0.1) is 0 Å². The third-order valence-electron chi connectivity index (χ3n) is 3.99. The van der Waals surface area contributed by atoms with Crippen molar-refractivity contribution in [3.63, 3.8) is 0 Å². The maximum Gasteiger partial charge on any atom is 0.315 e. The summed E-state index contributed by atoms with van der Waals surface area (Å²) in [6.45, 7) is 2.29. The molecule has 6 nitrogen and oxygen atoms in total. The summed E-state index contributed by atoms with van der Waals surface area (Å²) in [7, 11) is 0. The maximum atomic E-state index is 11.9. The van der Waals surface area contributed by atoms with Crippen LogP contribution in [0.25, 0.3) is 0 Å². The van der Waals surface area contributed by atoms with Gasteiger partial charge in [0.05, 0.1) is 6.10 Å². The number of urea groups is 1. The molecule has 0 radical (unpaired) electrons. The molecule has 1 aromatic heterocycles. The number of nitrogens with zero attached hydrogens (tertiary/aromatic N) is 1. The molecule has 1 aliphatic rings. The number of ether oxygens (including phenoxy) is 2. The Balaban J connectivity index is 1.41. The van der Waals surface area contributed by atoms with E-state index in [4.69, 9.17) is 9.47 Å². The number of rotatable bonds is 7. The summed E-state index contributed by atoms with van der Waals surface area (Å²) in [6, 6.07) is 11.3. The van der Waals surface area contributed by atoms with Gasteiger partial charge in [0.15, 0.2) is 0 Å². The molecule has 0 aliphatic carbocycles. The van der Waals surface area contributed by atoms with Crippen molar-refractivity contribution in [3.05, 3.63) is 59.9 Å². The minimum Gasteiger partial charge on any atom is -0.491 e. The molecule has 3 rings (SSSR count). The molecule has 25 heavy (non-hydrogen) atoms. The minimum atomic E-state index is -0.213. The number of nitrogens with one attached hydrogen (secondary N) is 2. The molecule has 0 spiro atoms. The quantitative estimate of drug-likeness (QED) is 0.812. The van der Waals surface area contributed by atoms with E-state index in [1.807, 2.05) is 36.4 Å². The van der Waals surface area contributed by atoms with E-state index in [2.05, 4.69) is 15.6 Å². The van der Waals surface area contributed by atoms with Crippen LogP contribution >= 0.6 is 0 Å². The third-order valence-corrected chi connectivity index (χ3v) is 3.99. The zero-order valence-electron chi connectivity index (χ0n) is 14.1. The zero-order chi connectivity index (χ0) is 17.3. The number of hydrogen-bond acceptors (Lipinski definition) is 4. The average Bonchev–Trinajstić information content (AvgIpc) is 3.18. The van der Waals surface area contributed by atoms with Crippen molar-refractivity contribution in [2.45, 2.75) is 32.0 Å². The first kappa shape index (κ1) is 17.2. The van der Waals surface area contributed by atoms with Crippen LogP contribution in [-0.4, -0.2) is 30.3 Å². The highest BCUT2D eigenvalue weighted by Gasteiger charge is 2.15. The van der Waals surface area contributed by atoms with Crippen LogP contribution in [0.4, 0.5) is 4.79 Å². The van der Waals surface area contributed by atoms with Gasteiger partial charge in [-0.2, -0.15) is 0 Å². The second kappa shape index (κ2) is 9.03. The Kier molecular flexibility index (Phi) is 6.23. The molecule has 1 aliphatic heterocycles. The molecule has 2 aromatic rings. The second-order valence-electron chi connectivity index (χ2n) is 5.99. The van der Waals surface area contributed by atoms with Gasteiger partial charge in [0, 0.05) is 32.1 Å². The van der Waals surface area contributed by atoms with Gasteiger partial charge in [-0.25, -0.2) is 4.79 Å². The number of benzene rings is 1. The van der Waals surface area contributed by atoms with Crippen LogP contribution in [0.2, 0.25) is 0 Å². The Labute approximate surface area is 147 Å². The van der Waals surface area contributed by atoms with Crippen molar-refractivity contribution in [2.75, 3.05) is 13.2 Å². The topological polar surface area (TPSA) is 72.5 Å². The number of carbonyl (C=O) groups excluding carboxylic acids is 1. The van der Waals surface area contributed by atoms with Crippen molar-refractivity contribution in [3.8, 4) is 5.75 Å². The van der Waals surface area contributed by atoms with E-state index >= 15 is 0 Å². The van der Waals surface area contributed by atoms with Gasteiger partial charge < -0.3 is 20.1 Å². The number of carbonyl (C=O) groups is 1. The van der Waals surface area contributed by atoms with E-state index in [-0.39, 0.29) is 12.1 Å². The van der Waals surface area contributed by atoms with Gasteiger partial charge in [0.2, 0.25) is 0 Å². The van der Waals surface area contributed by atoms with Crippen LogP contribution in [0.1, 0.15) is 24.0 Å². The Morgan fingerprint density at radius 2 is 2.04 bits per heavy atom. The van der Waals surface area contributed by atoms with Gasteiger partial charge in [0.25, 0.3) is 0 Å². The van der Waals surface area contributed by atoms with Crippen LogP contribution < -0.4 is 15.4 Å². The summed E-state index contributed by atoms with van der Waals surface area (Å²) < 4.78 is 11.3. The van der Waals surface area contributed by atoms with Gasteiger partial charge in [0.1, 0.15) is 12.4 Å². The summed E-state index contributed by atoms with van der Waals surface area (Å²) >= 11 is 0. The number of aromatic nitrogens is 1. The minimum absolute atomic E-state index is 0.194. The lowest BCUT2D eigenvalue weighted by atomic mass is 10.2. The summed E-state index contributed by atoms with van der Waals surface area (Å²) in [5.74, 6) is 0.797. The zero-order valence-corrected chi connectivity index (χ0v) is 14.1. The van der Waals surface area contributed by atoms with Crippen molar-refractivity contribution in [2.24, 2.45) is 0 Å². The SMILES string of the molecule is O=C(NCc1cccnc1)NCc1cccc(OC[C@H]2CCCO2)c1. The normalized spacial score (nSPS) is 16.4. The van der Waals surface area contributed by atoms with Crippen molar-refractivity contribution >= 4 is 6.03 Å². The van der Waals surface area contributed by atoms with Crippen LogP contribution in [0, 0.1) is 0 Å². The first-order chi connectivity index (χ1) is 12.3. The summed E-state index contributed by atoms with van der Waals surface area (Å²) in [5, 5.41) is 5.65. The second-order valence-corrected chi connectivity index (χ2v) is 5.99. The van der Waals surface area contributed by atoms with Crippen LogP contribution in [0.5, 0.6) is 5.75 Å². The van der Waals surface area contributed by atoms with Gasteiger partial charge in [-0.1, -0.05) is 18.2 Å². The molecular formula is C19H23N3O3. The Bertz CT molecular complexity index is 673. The Hall–Kier alpha value is -2.60. The predicted molar refractivity (Wildman–Crippen MR) is 94.2 cm³/mol. The molecule has 1 saturated heterocycles. The standard InChI is InChI=1S/C19H23N3O3/c23-19(22-13-16-5-2-8-20-11-16)21-12-15-4-1-6-17(10-15)25-14-18-7-3-9-24-18/h1-2,4-6,8,10-11,18H,3,7,9,12-14H2,(H2,21,22,23)/t18-/m1/s1. The molecular weight excluding hydrogens is 318 g/mol. The van der Waals surface area contributed by atoms with Gasteiger partial charge in [-0.3, -0.25) is 4.98 Å². The molecule has 2 heterocycles. The summed E-state index contributed by atoms with van der Waals surface area (Å²) in [4.78, 5) is 15.9. The van der Waals surface area contributed by atoms with E-state index in [0.717, 1.165) is 36.3 Å². The molecule has 6 heteroatoms. The van der Waals surface area contributed by atoms with E-state index < -0.39 is 0 Å². The largest absolute Gasteiger partial charge is 0.491 e. The lowest BCUT2D eigenvalue weighted by molar-refractivity contribution is 0.0679. The highest BCUT2D eigenvalue weighted by Crippen LogP contribution is 2.17. The molecule has 1 atom stereocenters. The van der Waals surface area contributed by atoms with Crippen molar-refractivity contribution in [1.29, 1.82) is 0 Å². The van der Waals surface area contributed by atoms with Crippen molar-refractivity contribution in [1.82, 2.24) is 15.6 Å². The molecule has 2 amide bonds. The van der Waals surface area contributed by atoms with E-state index in [1.165, 1.54) is 0 Å². The third kappa shape index (κ3) is 5.76. The van der Waals surface area contributed by atoms with E-state index in [1.54, 1.807) is 12.4 Å². The molecule has 0 saturated carbocycles. The van der Waals surface area contributed by atoms with Crippen LogP contribution in [-0.2, 0) is 17.8 Å². The number of amides is 2. The molecule has 0 bridgehead atoms. The lowest BCUT2D eigenvalue weighted by Crippen LogP contribution is -2.34.